The maximum Gasteiger partial charge on any atom is 0 e. The first kappa shape index (κ1) is 8.53. The Hall–Kier alpha value is -1.07. The van der Waals surface area contributed by atoms with E-state index in [2.05, 4.69) is 48.6 Å². The number of hydrogen-bond acceptors (Lipinski definition) is 0. The van der Waals surface area contributed by atoms with Crippen molar-refractivity contribution in [1.29, 1.82) is 0 Å². The third kappa shape index (κ3) is 1.12. The zero-order chi connectivity index (χ0) is 7.97. The smallest absolute Gasteiger partial charge is 0 e. The summed E-state index contributed by atoms with van der Waals surface area (Å²) in [5.41, 5.74) is 2.52. The van der Waals surface area contributed by atoms with E-state index in [0.717, 1.165) is 0 Å². The molecule has 3 rings (SSSR count). The largest absolute Gasteiger partial charge is 0.151 e. The molecule has 2 aromatic rings. The molecular formula is C12H7Ni-. The van der Waals surface area contributed by atoms with E-state index in [1.165, 1.54) is 21.9 Å². The zero-order valence-electron chi connectivity index (χ0n) is 6.86. The van der Waals surface area contributed by atoms with Gasteiger partial charge in [0.15, 0.2) is 0 Å². The third-order valence-corrected chi connectivity index (χ3v) is 2.32. The van der Waals surface area contributed by atoms with Crippen molar-refractivity contribution in [2.24, 2.45) is 0 Å². The molecule has 0 heterocycles. The molecule has 0 saturated carbocycles. The molecule has 0 radical (unpaired) electrons. The predicted molar refractivity (Wildman–Crippen MR) is 50.8 cm³/mol. The molecule has 0 bridgehead atoms. The van der Waals surface area contributed by atoms with Gasteiger partial charge in [0.2, 0.25) is 0 Å². The number of hydrogen-bond donors (Lipinski definition) is 0. The Labute approximate surface area is 87.2 Å². The molecular weight excluding hydrogens is 203 g/mol. The standard InChI is InChI=1S/C12H7.Ni/c1-3-9-4-2-6-11-8-7-10(5-1)12(9)11;/h1-7H;/q-1;. The van der Waals surface area contributed by atoms with Crippen LogP contribution in [0.3, 0.4) is 0 Å². The minimum absolute atomic E-state index is 0. The van der Waals surface area contributed by atoms with Crippen LogP contribution in [0.2, 0.25) is 0 Å². The molecule has 0 saturated heterocycles. The van der Waals surface area contributed by atoms with E-state index in [1.807, 2.05) is 0 Å². The summed E-state index contributed by atoms with van der Waals surface area (Å²) >= 11 is 0. The van der Waals surface area contributed by atoms with E-state index in [0.29, 0.717) is 0 Å². The van der Waals surface area contributed by atoms with Crippen molar-refractivity contribution in [1.82, 2.24) is 0 Å². The Bertz CT molecular complexity index is 443. The minimum atomic E-state index is 0. The summed E-state index contributed by atoms with van der Waals surface area (Å²) in [6.07, 6.45) is 5.30. The van der Waals surface area contributed by atoms with Crippen LogP contribution >= 0.6 is 0 Å². The molecule has 0 unspecified atom stereocenters. The van der Waals surface area contributed by atoms with Gasteiger partial charge in [-0.3, -0.25) is 0 Å². The van der Waals surface area contributed by atoms with Crippen LogP contribution in [0.15, 0.2) is 36.4 Å². The first-order chi connectivity index (χ1) is 5.95. The Morgan fingerprint density at radius 3 is 2.54 bits per heavy atom. The van der Waals surface area contributed by atoms with E-state index in [4.69, 9.17) is 0 Å². The van der Waals surface area contributed by atoms with Crippen molar-refractivity contribution in [2.75, 3.05) is 0 Å². The minimum Gasteiger partial charge on any atom is -0.151 e. The summed E-state index contributed by atoms with van der Waals surface area (Å²) in [7, 11) is 0. The van der Waals surface area contributed by atoms with Gasteiger partial charge in [-0.2, -0.15) is 5.56 Å². The van der Waals surface area contributed by atoms with E-state index < -0.39 is 0 Å². The van der Waals surface area contributed by atoms with Crippen molar-refractivity contribution in [3.63, 3.8) is 0 Å². The van der Waals surface area contributed by atoms with E-state index in [-0.39, 0.29) is 16.5 Å². The first-order valence-corrected chi connectivity index (χ1v) is 4.07. The zero-order valence-corrected chi connectivity index (χ0v) is 7.85. The quantitative estimate of drug-likeness (QED) is 0.395. The van der Waals surface area contributed by atoms with Crippen molar-refractivity contribution in [3.8, 4) is 0 Å². The van der Waals surface area contributed by atoms with Crippen molar-refractivity contribution in [2.45, 2.75) is 0 Å². The van der Waals surface area contributed by atoms with Gasteiger partial charge in [0.25, 0.3) is 0 Å². The van der Waals surface area contributed by atoms with E-state index in [9.17, 15) is 0 Å². The fourth-order valence-electron chi connectivity index (χ4n) is 1.77. The maximum atomic E-state index is 3.25. The van der Waals surface area contributed by atoms with Crippen LogP contribution in [0, 0.1) is 6.08 Å². The van der Waals surface area contributed by atoms with E-state index in [1.54, 1.807) is 0 Å². The van der Waals surface area contributed by atoms with Crippen LogP contribution in [-0.4, -0.2) is 0 Å². The number of rotatable bonds is 0. The fraction of sp³-hybridized carbons (Fsp3) is 0. The van der Waals surface area contributed by atoms with E-state index >= 15 is 0 Å². The molecule has 1 heteroatoms. The van der Waals surface area contributed by atoms with Crippen LogP contribution in [0.25, 0.3) is 16.8 Å². The SMILES string of the molecule is [C-]1=Cc2cccc3cccc1c23.[Ni]. The van der Waals surface area contributed by atoms with Gasteiger partial charge in [-0.1, -0.05) is 23.6 Å². The van der Waals surface area contributed by atoms with Crippen LogP contribution in [-0.2, 0) is 16.5 Å². The molecule has 0 nitrogen and oxygen atoms in total. The molecule has 0 spiro atoms. The Balaban J connectivity index is 0.000000653. The van der Waals surface area contributed by atoms with Crippen molar-refractivity contribution < 1.29 is 16.5 Å². The molecule has 13 heavy (non-hydrogen) atoms. The Morgan fingerprint density at radius 1 is 0.923 bits per heavy atom. The normalized spacial score (nSPS) is 11.7. The second kappa shape index (κ2) is 3.01. The number of benzene rings is 2. The molecule has 1 aliphatic carbocycles. The maximum absolute atomic E-state index is 3.25. The average molecular weight is 210 g/mol. The van der Waals surface area contributed by atoms with Gasteiger partial charge in [0.1, 0.15) is 0 Å². The molecule has 0 aliphatic heterocycles. The molecule has 2 aromatic carbocycles. The van der Waals surface area contributed by atoms with Gasteiger partial charge < -0.3 is 0 Å². The second-order valence-corrected chi connectivity index (χ2v) is 3.04. The van der Waals surface area contributed by atoms with Crippen LogP contribution < -0.4 is 0 Å². The summed E-state index contributed by atoms with van der Waals surface area (Å²) in [5.74, 6) is 0. The topological polar surface area (TPSA) is 0 Å². The van der Waals surface area contributed by atoms with Crippen molar-refractivity contribution >= 4 is 16.8 Å². The van der Waals surface area contributed by atoms with Gasteiger partial charge in [-0.15, -0.1) is 41.3 Å². The molecule has 0 atom stereocenters. The Morgan fingerprint density at radius 2 is 1.69 bits per heavy atom. The first-order valence-electron chi connectivity index (χ1n) is 4.07. The van der Waals surface area contributed by atoms with Crippen LogP contribution in [0.4, 0.5) is 0 Å². The molecule has 0 N–H and O–H groups in total. The summed E-state index contributed by atoms with van der Waals surface area (Å²) in [4.78, 5) is 0. The fourth-order valence-corrected chi connectivity index (χ4v) is 1.77. The summed E-state index contributed by atoms with van der Waals surface area (Å²) in [6, 6.07) is 12.7. The predicted octanol–water partition coefficient (Wildman–Crippen LogP) is 3.02. The summed E-state index contributed by atoms with van der Waals surface area (Å²) in [5, 5.41) is 2.66. The van der Waals surface area contributed by atoms with Crippen molar-refractivity contribution in [3.05, 3.63) is 53.6 Å². The van der Waals surface area contributed by atoms with Gasteiger partial charge >= 0.3 is 0 Å². The average Bonchev–Trinajstić information content (AvgIpc) is 2.52. The molecule has 0 aromatic heterocycles. The Kier molecular flexibility index (Phi) is 1.97. The molecule has 0 amide bonds. The van der Waals surface area contributed by atoms with Gasteiger partial charge in [0, 0.05) is 16.5 Å². The molecule has 66 valence electrons. The van der Waals surface area contributed by atoms with Crippen LogP contribution in [0.5, 0.6) is 0 Å². The monoisotopic (exact) mass is 209 g/mol. The molecule has 0 fully saturated rings. The van der Waals surface area contributed by atoms with Gasteiger partial charge in [-0.25, -0.2) is 0 Å². The molecule has 1 aliphatic rings. The van der Waals surface area contributed by atoms with Gasteiger partial charge in [-0.05, 0) is 0 Å². The summed E-state index contributed by atoms with van der Waals surface area (Å²) in [6.45, 7) is 0. The van der Waals surface area contributed by atoms with Gasteiger partial charge in [0.05, 0.1) is 0 Å². The third-order valence-electron chi connectivity index (χ3n) is 2.32. The van der Waals surface area contributed by atoms with Crippen LogP contribution in [0.1, 0.15) is 11.1 Å². The second-order valence-electron chi connectivity index (χ2n) is 3.04. The summed E-state index contributed by atoms with van der Waals surface area (Å²) < 4.78 is 0.